The van der Waals surface area contributed by atoms with Crippen molar-refractivity contribution < 1.29 is 4.79 Å². The molecule has 0 bridgehead atoms. The number of nitrogens with zero attached hydrogens (tertiary/aromatic N) is 4. The monoisotopic (exact) mass is 372 g/mol. The minimum atomic E-state index is -0.215. The maximum Gasteiger partial charge on any atom is 0.255 e. The Balaban J connectivity index is 1.69. The molecule has 0 fully saturated rings. The van der Waals surface area contributed by atoms with Crippen LogP contribution in [0.15, 0.2) is 67.1 Å². The van der Waals surface area contributed by atoms with Gasteiger partial charge in [0.25, 0.3) is 5.91 Å². The molecule has 0 saturated heterocycles. The highest BCUT2D eigenvalue weighted by Gasteiger charge is 2.19. The normalized spacial score (nSPS) is 10.8. The van der Waals surface area contributed by atoms with Crippen molar-refractivity contribution in [1.29, 1.82) is 0 Å². The van der Waals surface area contributed by atoms with Crippen LogP contribution in [0.2, 0.25) is 0 Å². The summed E-state index contributed by atoms with van der Waals surface area (Å²) >= 11 is 0. The summed E-state index contributed by atoms with van der Waals surface area (Å²) in [5.41, 5.74) is 4.18. The lowest BCUT2D eigenvalue weighted by Gasteiger charge is -2.04. The fourth-order valence-electron chi connectivity index (χ4n) is 2.94. The number of carbonyl (C=O) groups excluding carboxylic acids is 1. The van der Waals surface area contributed by atoms with Crippen LogP contribution < -0.4 is 5.32 Å². The number of amides is 1. The largest absolute Gasteiger partial charge is 0.345 e. The van der Waals surface area contributed by atoms with Gasteiger partial charge in [-0.25, -0.2) is 9.67 Å². The Hall–Kier alpha value is -3.74. The molecule has 2 aromatic heterocycles. The summed E-state index contributed by atoms with van der Waals surface area (Å²) < 4.78 is 1.73. The second-order valence-electron chi connectivity index (χ2n) is 6.34. The van der Waals surface area contributed by atoms with Crippen molar-refractivity contribution in [3.63, 3.8) is 0 Å². The van der Waals surface area contributed by atoms with Gasteiger partial charge in [-0.05, 0) is 24.1 Å². The van der Waals surface area contributed by atoms with Crippen LogP contribution in [0.1, 0.15) is 28.7 Å². The van der Waals surface area contributed by atoms with E-state index < -0.39 is 0 Å². The van der Waals surface area contributed by atoms with E-state index in [4.69, 9.17) is 5.10 Å². The SMILES string of the molecule is CCc1ccc(-c2nn(-c3ccccc3)cc2C(=O)NCc2ncn[nH]2)cc1. The fourth-order valence-corrected chi connectivity index (χ4v) is 2.94. The Morgan fingerprint density at radius 2 is 1.89 bits per heavy atom. The van der Waals surface area contributed by atoms with Gasteiger partial charge in [0.15, 0.2) is 0 Å². The molecular formula is C21H20N6O. The number of aromatic nitrogens is 5. The fraction of sp³-hybridized carbons (Fsp3) is 0.143. The molecule has 1 amide bonds. The number of H-pyrrole nitrogens is 1. The molecule has 2 N–H and O–H groups in total. The summed E-state index contributed by atoms with van der Waals surface area (Å²) in [6.07, 6.45) is 4.13. The zero-order valence-corrected chi connectivity index (χ0v) is 15.5. The molecule has 0 atom stereocenters. The molecule has 28 heavy (non-hydrogen) atoms. The Morgan fingerprint density at radius 1 is 1.11 bits per heavy atom. The minimum Gasteiger partial charge on any atom is -0.345 e. The van der Waals surface area contributed by atoms with Crippen LogP contribution in [0.25, 0.3) is 16.9 Å². The number of nitrogens with one attached hydrogen (secondary N) is 2. The predicted octanol–water partition coefficient (Wildman–Crippen LogP) is 3.15. The van der Waals surface area contributed by atoms with Crippen LogP contribution in [0.5, 0.6) is 0 Å². The van der Waals surface area contributed by atoms with E-state index in [-0.39, 0.29) is 12.5 Å². The van der Waals surface area contributed by atoms with Crippen LogP contribution in [0.3, 0.4) is 0 Å². The number of hydrogen-bond donors (Lipinski definition) is 2. The van der Waals surface area contributed by atoms with E-state index >= 15 is 0 Å². The smallest absolute Gasteiger partial charge is 0.255 e. The summed E-state index contributed by atoms with van der Waals surface area (Å²) in [7, 11) is 0. The first kappa shape index (κ1) is 17.7. The van der Waals surface area contributed by atoms with Crippen molar-refractivity contribution in [3.8, 4) is 16.9 Å². The molecule has 7 heteroatoms. The molecule has 2 aromatic carbocycles. The number of benzene rings is 2. The molecule has 0 saturated carbocycles. The maximum absolute atomic E-state index is 12.9. The zero-order valence-electron chi connectivity index (χ0n) is 15.5. The first-order chi connectivity index (χ1) is 13.7. The van der Waals surface area contributed by atoms with Gasteiger partial charge in [-0.15, -0.1) is 0 Å². The highest BCUT2D eigenvalue weighted by atomic mass is 16.1. The van der Waals surface area contributed by atoms with E-state index in [9.17, 15) is 4.79 Å². The second-order valence-corrected chi connectivity index (χ2v) is 6.34. The van der Waals surface area contributed by atoms with Crippen molar-refractivity contribution in [2.75, 3.05) is 0 Å². The Bertz CT molecular complexity index is 1050. The first-order valence-electron chi connectivity index (χ1n) is 9.11. The lowest BCUT2D eigenvalue weighted by atomic mass is 10.0. The Kier molecular flexibility index (Phi) is 4.97. The van der Waals surface area contributed by atoms with Gasteiger partial charge in [-0.2, -0.15) is 10.2 Å². The summed E-state index contributed by atoms with van der Waals surface area (Å²) in [4.78, 5) is 16.9. The minimum absolute atomic E-state index is 0.215. The number of carbonyl (C=O) groups is 1. The third-order valence-electron chi connectivity index (χ3n) is 4.50. The highest BCUT2D eigenvalue weighted by Crippen LogP contribution is 2.24. The number of aromatic amines is 1. The van der Waals surface area contributed by atoms with E-state index in [1.165, 1.54) is 11.9 Å². The van der Waals surface area contributed by atoms with Gasteiger partial charge < -0.3 is 5.32 Å². The third kappa shape index (κ3) is 3.68. The molecule has 4 rings (SSSR count). The maximum atomic E-state index is 12.9. The second kappa shape index (κ2) is 7.87. The molecule has 0 spiro atoms. The standard InChI is InChI=1S/C21H20N6O/c1-2-15-8-10-16(11-9-15)20-18(21(28)22-12-19-23-14-24-25-19)13-27(26-20)17-6-4-3-5-7-17/h3-11,13-14H,2,12H2,1H3,(H,22,28)(H,23,24,25). The molecule has 0 unspecified atom stereocenters. The number of para-hydroxylation sites is 1. The van der Waals surface area contributed by atoms with Crippen LogP contribution >= 0.6 is 0 Å². The van der Waals surface area contributed by atoms with Gasteiger partial charge in [0.1, 0.15) is 17.8 Å². The van der Waals surface area contributed by atoms with Crippen molar-refractivity contribution >= 4 is 5.91 Å². The van der Waals surface area contributed by atoms with Gasteiger partial charge in [-0.3, -0.25) is 9.89 Å². The number of hydrogen-bond acceptors (Lipinski definition) is 4. The van der Waals surface area contributed by atoms with E-state index in [1.54, 1.807) is 10.9 Å². The van der Waals surface area contributed by atoms with Crippen LogP contribution in [0.4, 0.5) is 0 Å². The highest BCUT2D eigenvalue weighted by molar-refractivity contribution is 5.99. The molecule has 0 radical (unpaired) electrons. The Labute approximate surface area is 162 Å². The van der Waals surface area contributed by atoms with Gasteiger partial charge in [0.2, 0.25) is 0 Å². The van der Waals surface area contributed by atoms with E-state index in [2.05, 4.69) is 39.6 Å². The molecule has 7 nitrogen and oxygen atoms in total. The Morgan fingerprint density at radius 3 is 2.57 bits per heavy atom. The molecule has 2 heterocycles. The zero-order chi connectivity index (χ0) is 19.3. The quantitative estimate of drug-likeness (QED) is 0.544. The van der Waals surface area contributed by atoms with Crippen molar-refractivity contribution in [2.24, 2.45) is 0 Å². The van der Waals surface area contributed by atoms with Gasteiger partial charge >= 0.3 is 0 Å². The lowest BCUT2D eigenvalue weighted by Crippen LogP contribution is -2.23. The van der Waals surface area contributed by atoms with E-state index in [0.29, 0.717) is 17.1 Å². The van der Waals surface area contributed by atoms with Crippen molar-refractivity contribution in [3.05, 3.63) is 84.1 Å². The molecule has 140 valence electrons. The summed E-state index contributed by atoms with van der Waals surface area (Å²) in [6.45, 7) is 2.38. The molecule has 4 aromatic rings. The summed E-state index contributed by atoms with van der Waals surface area (Å²) in [5, 5.41) is 14.1. The lowest BCUT2D eigenvalue weighted by molar-refractivity contribution is 0.0950. The summed E-state index contributed by atoms with van der Waals surface area (Å²) in [5.74, 6) is 0.380. The molecule has 0 aliphatic rings. The predicted molar refractivity (Wildman–Crippen MR) is 106 cm³/mol. The van der Waals surface area contributed by atoms with Crippen LogP contribution in [0, 0.1) is 0 Å². The third-order valence-corrected chi connectivity index (χ3v) is 4.50. The summed E-state index contributed by atoms with van der Waals surface area (Å²) in [6, 6.07) is 17.9. The molecular weight excluding hydrogens is 352 g/mol. The van der Waals surface area contributed by atoms with Crippen LogP contribution in [-0.4, -0.2) is 30.9 Å². The number of rotatable bonds is 6. The average molecular weight is 372 g/mol. The first-order valence-corrected chi connectivity index (χ1v) is 9.11. The van der Waals surface area contributed by atoms with Gasteiger partial charge in [0, 0.05) is 11.8 Å². The number of aryl methyl sites for hydroxylation is 1. The van der Waals surface area contributed by atoms with Gasteiger partial charge in [-0.1, -0.05) is 49.4 Å². The van der Waals surface area contributed by atoms with Crippen LogP contribution in [-0.2, 0) is 13.0 Å². The van der Waals surface area contributed by atoms with Crippen molar-refractivity contribution in [1.82, 2.24) is 30.3 Å². The van der Waals surface area contributed by atoms with E-state index in [1.807, 2.05) is 42.5 Å². The molecule has 0 aliphatic heterocycles. The molecule has 0 aliphatic carbocycles. The van der Waals surface area contributed by atoms with E-state index in [0.717, 1.165) is 17.7 Å². The van der Waals surface area contributed by atoms with Crippen molar-refractivity contribution in [2.45, 2.75) is 19.9 Å². The topological polar surface area (TPSA) is 88.5 Å². The van der Waals surface area contributed by atoms with Gasteiger partial charge in [0.05, 0.1) is 17.8 Å². The average Bonchev–Trinajstić information content (AvgIpc) is 3.43.